The molecule has 2 saturated carbocycles. The third kappa shape index (κ3) is 2.68. The zero-order chi connectivity index (χ0) is 19.4. The molecule has 1 aliphatic heterocycles. The Balaban J connectivity index is 1.49. The summed E-state index contributed by atoms with van der Waals surface area (Å²) >= 11 is 0. The van der Waals surface area contributed by atoms with Crippen LogP contribution < -0.4 is 5.73 Å². The van der Waals surface area contributed by atoms with Gasteiger partial charge >= 0.3 is 0 Å². The van der Waals surface area contributed by atoms with E-state index in [-0.39, 0.29) is 11.2 Å². The van der Waals surface area contributed by atoms with Gasteiger partial charge in [-0.3, -0.25) is 0 Å². The summed E-state index contributed by atoms with van der Waals surface area (Å²) in [6, 6.07) is 6.07. The zero-order valence-corrected chi connectivity index (χ0v) is 17.2. The van der Waals surface area contributed by atoms with E-state index in [9.17, 15) is 5.11 Å². The number of aromatic hydroxyl groups is 1. The topological polar surface area (TPSA) is 64.7 Å². The fourth-order valence-electron chi connectivity index (χ4n) is 7.57. The number of phenolic OH excluding ortho intramolecular Hbond substituents is 1. The van der Waals surface area contributed by atoms with E-state index in [0.29, 0.717) is 29.4 Å². The smallest absolute Gasteiger partial charge is 0.174 e. The second-order valence-corrected chi connectivity index (χ2v) is 9.87. The summed E-state index contributed by atoms with van der Waals surface area (Å²) in [7, 11) is 0. The van der Waals surface area contributed by atoms with Crippen LogP contribution in [-0.4, -0.2) is 30.7 Å². The zero-order valence-electron chi connectivity index (χ0n) is 17.2. The summed E-state index contributed by atoms with van der Waals surface area (Å²) in [5, 5.41) is 9.93. The van der Waals surface area contributed by atoms with Crippen LogP contribution in [0.4, 0.5) is 0 Å². The summed E-state index contributed by atoms with van der Waals surface area (Å²) in [5.74, 6) is 2.70. The van der Waals surface area contributed by atoms with E-state index in [1.54, 1.807) is 0 Å². The van der Waals surface area contributed by atoms with Crippen LogP contribution in [-0.2, 0) is 15.9 Å². The highest BCUT2D eigenvalue weighted by Crippen LogP contribution is 2.68. The number of benzene rings is 1. The van der Waals surface area contributed by atoms with E-state index in [2.05, 4.69) is 13.0 Å². The van der Waals surface area contributed by atoms with Crippen molar-refractivity contribution in [1.29, 1.82) is 0 Å². The molecule has 4 aliphatic rings. The second kappa shape index (κ2) is 7.00. The van der Waals surface area contributed by atoms with Gasteiger partial charge in [-0.2, -0.15) is 0 Å². The number of fused-ring (bicyclic) bond motifs is 6. The van der Waals surface area contributed by atoms with Gasteiger partial charge in [-0.15, -0.1) is 0 Å². The number of unbranched alkanes of at least 4 members (excludes halogenated alkanes) is 1. The maximum atomic E-state index is 9.93. The molecule has 3 aliphatic carbocycles. The van der Waals surface area contributed by atoms with Crippen molar-refractivity contribution in [1.82, 2.24) is 0 Å². The van der Waals surface area contributed by atoms with Crippen LogP contribution in [0.1, 0.15) is 68.9 Å². The van der Waals surface area contributed by atoms with Gasteiger partial charge in [0.25, 0.3) is 0 Å². The van der Waals surface area contributed by atoms with Gasteiger partial charge in [0, 0.05) is 11.8 Å². The molecule has 4 heteroatoms. The Bertz CT molecular complexity index is 729. The molecule has 0 radical (unpaired) electrons. The molecule has 0 aromatic heterocycles. The van der Waals surface area contributed by atoms with E-state index in [1.807, 2.05) is 12.1 Å². The predicted molar refractivity (Wildman–Crippen MR) is 109 cm³/mol. The lowest BCUT2D eigenvalue weighted by atomic mass is 9.53. The lowest BCUT2D eigenvalue weighted by Crippen LogP contribution is -2.51. The van der Waals surface area contributed by atoms with Crippen molar-refractivity contribution in [2.45, 2.75) is 70.0 Å². The minimum absolute atomic E-state index is 0.118. The van der Waals surface area contributed by atoms with Crippen LogP contribution in [0.5, 0.6) is 5.75 Å². The van der Waals surface area contributed by atoms with Gasteiger partial charge in [0.2, 0.25) is 0 Å². The molecule has 4 nitrogen and oxygen atoms in total. The molecule has 5 rings (SSSR count). The molecule has 1 aromatic rings. The third-order valence-corrected chi connectivity index (χ3v) is 8.65. The Morgan fingerprint density at radius 3 is 2.79 bits per heavy atom. The summed E-state index contributed by atoms with van der Waals surface area (Å²) < 4.78 is 12.8. The molecule has 3 fully saturated rings. The van der Waals surface area contributed by atoms with Crippen LogP contribution in [0.3, 0.4) is 0 Å². The van der Waals surface area contributed by atoms with Crippen LogP contribution >= 0.6 is 0 Å². The van der Waals surface area contributed by atoms with E-state index in [4.69, 9.17) is 15.2 Å². The van der Waals surface area contributed by atoms with Crippen LogP contribution in [0.25, 0.3) is 0 Å². The number of rotatable bonds is 4. The van der Waals surface area contributed by atoms with Crippen molar-refractivity contribution < 1.29 is 14.6 Å². The number of aryl methyl sites for hydroxylation is 1. The Kier molecular flexibility index (Phi) is 4.72. The van der Waals surface area contributed by atoms with Gasteiger partial charge in [-0.1, -0.05) is 19.4 Å². The number of nitrogens with two attached hydrogens (primary N) is 1. The van der Waals surface area contributed by atoms with Gasteiger partial charge in [-0.25, -0.2) is 0 Å². The van der Waals surface area contributed by atoms with Crippen molar-refractivity contribution in [2.24, 2.45) is 28.9 Å². The fourth-order valence-corrected chi connectivity index (χ4v) is 7.57. The quantitative estimate of drug-likeness (QED) is 0.757. The Morgan fingerprint density at radius 2 is 2.00 bits per heavy atom. The van der Waals surface area contributed by atoms with Gasteiger partial charge in [0.15, 0.2) is 5.79 Å². The van der Waals surface area contributed by atoms with E-state index in [1.165, 1.54) is 43.2 Å². The molecule has 154 valence electrons. The Labute approximate surface area is 168 Å². The Morgan fingerprint density at radius 1 is 1.18 bits per heavy atom. The normalized spacial score (nSPS) is 38.2. The summed E-state index contributed by atoms with van der Waals surface area (Å²) in [6.45, 7) is 4.74. The average Bonchev–Trinajstić information content (AvgIpc) is 3.26. The Hall–Kier alpha value is -1.10. The van der Waals surface area contributed by atoms with Gasteiger partial charge in [0.1, 0.15) is 5.75 Å². The largest absolute Gasteiger partial charge is 0.508 e. The highest BCUT2D eigenvalue weighted by molar-refractivity contribution is 5.40. The molecule has 5 atom stereocenters. The molecule has 1 spiro atoms. The highest BCUT2D eigenvalue weighted by Gasteiger charge is 2.68. The van der Waals surface area contributed by atoms with Crippen molar-refractivity contribution in [3.05, 3.63) is 29.3 Å². The standard InChI is InChI=1S/C24H35NO3/c1-23-10-9-20-19-8-6-18(26)14-16(19)5-7-21(20)22(23)17(4-2-3-11-25)15-24(23)27-12-13-28-24/h6,8,14,17,20-22,26H,2-5,7,9-13,15,25H2,1H3/t17-,20+,21+,22-,23-/m0/s1. The number of hydrogen-bond donors (Lipinski definition) is 2. The molecule has 3 N–H and O–H groups in total. The van der Waals surface area contributed by atoms with Crippen LogP contribution in [0.15, 0.2) is 18.2 Å². The lowest BCUT2D eigenvalue weighted by molar-refractivity contribution is -0.237. The maximum absolute atomic E-state index is 9.93. The lowest BCUT2D eigenvalue weighted by Gasteiger charge is -2.53. The number of ether oxygens (including phenoxy) is 2. The van der Waals surface area contributed by atoms with Crippen molar-refractivity contribution in [2.75, 3.05) is 19.8 Å². The highest BCUT2D eigenvalue weighted by atomic mass is 16.7. The van der Waals surface area contributed by atoms with Crippen LogP contribution in [0.2, 0.25) is 0 Å². The first-order valence-electron chi connectivity index (χ1n) is 11.4. The molecule has 0 unspecified atom stereocenters. The summed E-state index contributed by atoms with van der Waals surface area (Å²) in [5.41, 5.74) is 8.76. The third-order valence-electron chi connectivity index (χ3n) is 8.65. The van der Waals surface area contributed by atoms with Crippen molar-refractivity contribution in [3.63, 3.8) is 0 Å². The minimum Gasteiger partial charge on any atom is -0.508 e. The molecule has 1 aromatic carbocycles. The van der Waals surface area contributed by atoms with Gasteiger partial charge < -0.3 is 20.3 Å². The number of hydrogen-bond acceptors (Lipinski definition) is 4. The molecule has 1 heterocycles. The first-order valence-corrected chi connectivity index (χ1v) is 11.4. The summed E-state index contributed by atoms with van der Waals surface area (Å²) in [4.78, 5) is 0. The molecule has 0 amide bonds. The number of phenols is 1. The monoisotopic (exact) mass is 385 g/mol. The van der Waals surface area contributed by atoms with Crippen molar-refractivity contribution >= 4 is 0 Å². The molecule has 28 heavy (non-hydrogen) atoms. The van der Waals surface area contributed by atoms with Gasteiger partial charge in [0.05, 0.1) is 13.2 Å². The van der Waals surface area contributed by atoms with E-state index in [0.717, 1.165) is 39.0 Å². The molecule has 1 saturated heterocycles. The van der Waals surface area contributed by atoms with E-state index >= 15 is 0 Å². The SMILES string of the molecule is C[C@]12CC[C@@H]3c4ccc(O)cc4CC[C@H]3[C@@H]1[C@@H](CCCCN)CC21OCCO1. The average molecular weight is 386 g/mol. The van der Waals surface area contributed by atoms with E-state index < -0.39 is 0 Å². The molecular weight excluding hydrogens is 350 g/mol. The maximum Gasteiger partial charge on any atom is 0.174 e. The fraction of sp³-hybridized carbons (Fsp3) is 0.750. The first kappa shape index (κ1) is 18.9. The molecular formula is C24H35NO3. The first-order chi connectivity index (χ1) is 13.6. The van der Waals surface area contributed by atoms with Gasteiger partial charge in [-0.05, 0) is 92.0 Å². The molecule has 0 bridgehead atoms. The van der Waals surface area contributed by atoms with Crippen molar-refractivity contribution in [3.8, 4) is 5.75 Å². The van der Waals surface area contributed by atoms with Crippen LogP contribution in [0, 0.1) is 23.2 Å². The summed E-state index contributed by atoms with van der Waals surface area (Å²) in [6.07, 6.45) is 9.33. The second-order valence-electron chi connectivity index (χ2n) is 9.87. The minimum atomic E-state index is -0.356. The predicted octanol–water partition coefficient (Wildman–Crippen LogP) is 4.35.